The maximum absolute atomic E-state index is 12.0. The molecule has 0 aromatic heterocycles. The lowest BCUT2D eigenvalue weighted by Gasteiger charge is -2.33. The number of aliphatic hydroxyl groups is 1. The third kappa shape index (κ3) is 4.20. The Kier molecular flexibility index (Phi) is 4.92. The summed E-state index contributed by atoms with van der Waals surface area (Å²) in [6, 6.07) is 0. The van der Waals surface area contributed by atoms with Gasteiger partial charge in [-0.05, 0) is 18.6 Å². The Bertz CT molecular complexity index is 675. The molecule has 136 valence electrons. The lowest BCUT2D eigenvalue weighted by atomic mass is 10.1. The highest BCUT2D eigenvalue weighted by Gasteiger charge is 2.39. The van der Waals surface area contributed by atoms with Crippen LogP contribution in [0.15, 0.2) is 35.3 Å². The zero-order valence-corrected chi connectivity index (χ0v) is 14.5. The number of esters is 3. The summed E-state index contributed by atoms with van der Waals surface area (Å²) in [5, 5.41) is 9.91. The molecule has 0 aliphatic carbocycles. The van der Waals surface area contributed by atoms with Gasteiger partial charge in [0.05, 0.1) is 0 Å². The SMILES string of the molecule is CCCC1(C)OC(=O)C(C=CC=C2C(=O)OC(C)(C)OC2=O)=C(O)O1. The second-order valence-corrected chi connectivity index (χ2v) is 6.21. The van der Waals surface area contributed by atoms with E-state index in [2.05, 4.69) is 0 Å². The van der Waals surface area contributed by atoms with E-state index in [1.54, 1.807) is 6.92 Å². The summed E-state index contributed by atoms with van der Waals surface area (Å²) in [6.07, 6.45) is 4.60. The normalized spacial score (nSPS) is 26.1. The summed E-state index contributed by atoms with van der Waals surface area (Å²) in [4.78, 5) is 35.6. The Hall–Kier alpha value is -2.77. The molecule has 0 aromatic carbocycles. The third-order valence-electron chi connectivity index (χ3n) is 3.42. The molecule has 0 amide bonds. The molecule has 0 radical (unpaired) electrons. The average Bonchev–Trinajstić information content (AvgIpc) is 2.42. The molecular weight excluding hydrogens is 332 g/mol. The van der Waals surface area contributed by atoms with E-state index in [-0.39, 0.29) is 11.1 Å². The molecule has 2 aliphatic rings. The Morgan fingerprint density at radius 1 is 0.960 bits per heavy atom. The molecule has 0 bridgehead atoms. The van der Waals surface area contributed by atoms with Crippen LogP contribution in [0.2, 0.25) is 0 Å². The van der Waals surface area contributed by atoms with Crippen LogP contribution in [0.1, 0.15) is 40.5 Å². The monoisotopic (exact) mass is 352 g/mol. The molecule has 0 saturated carbocycles. The van der Waals surface area contributed by atoms with Crippen LogP contribution in [0.5, 0.6) is 0 Å². The molecule has 1 atom stereocenters. The molecule has 2 rings (SSSR count). The molecule has 2 heterocycles. The van der Waals surface area contributed by atoms with Gasteiger partial charge in [0.2, 0.25) is 0 Å². The first-order valence-corrected chi connectivity index (χ1v) is 7.77. The zero-order valence-electron chi connectivity index (χ0n) is 14.5. The van der Waals surface area contributed by atoms with Crippen molar-refractivity contribution in [1.29, 1.82) is 0 Å². The van der Waals surface area contributed by atoms with Crippen molar-refractivity contribution in [3.05, 3.63) is 35.3 Å². The van der Waals surface area contributed by atoms with Gasteiger partial charge in [-0.1, -0.05) is 13.0 Å². The highest BCUT2D eigenvalue weighted by molar-refractivity contribution is 6.15. The van der Waals surface area contributed by atoms with Gasteiger partial charge in [-0.25, -0.2) is 14.4 Å². The van der Waals surface area contributed by atoms with E-state index in [1.165, 1.54) is 19.9 Å². The van der Waals surface area contributed by atoms with Crippen molar-refractivity contribution >= 4 is 17.9 Å². The van der Waals surface area contributed by atoms with Crippen molar-refractivity contribution in [3.8, 4) is 0 Å². The molecule has 8 heteroatoms. The van der Waals surface area contributed by atoms with Gasteiger partial charge in [-0.15, -0.1) is 0 Å². The van der Waals surface area contributed by atoms with Crippen molar-refractivity contribution in [2.24, 2.45) is 0 Å². The zero-order chi connectivity index (χ0) is 18.8. The Morgan fingerprint density at radius 2 is 1.56 bits per heavy atom. The molecule has 0 spiro atoms. The lowest BCUT2D eigenvalue weighted by molar-refractivity contribution is -0.232. The van der Waals surface area contributed by atoms with E-state index in [0.29, 0.717) is 12.8 Å². The molecule has 1 saturated heterocycles. The number of carbonyl (C=O) groups excluding carboxylic acids is 3. The standard InChI is InChI=1S/C17H20O8/c1-5-9-17(4)24-14(20)11(15(21)25-17)8-6-7-10-12(18)22-16(2,3)23-13(10)19/h6-8,20H,5,9H2,1-4H3. The van der Waals surface area contributed by atoms with E-state index >= 15 is 0 Å². The number of allylic oxidation sites excluding steroid dienone is 2. The van der Waals surface area contributed by atoms with Gasteiger partial charge in [-0.2, -0.15) is 0 Å². The predicted molar refractivity (Wildman–Crippen MR) is 83.6 cm³/mol. The van der Waals surface area contributed by atoms with Crippen LogP contribution in [-0.2, 0) is 33.3 Å². The summed E-state index contributed by atoms with van der Waals surface area (Å²) in [7, 11) is 0. The minimum Gasteiger partial charge on any atom is -0.480 e. The first-order chi connectivity index (χ1) is 11.6. The Labute approximate surface area is 144 Å². The minimum absolute atomic E-state index is 0.233. The van der Waals surface area contributed by atoms with Crippen LogP contribution >= 0.6 is 0 Å². The van der Waals surface area contributed by atoms with Crippen LogP contribution in [0.3, 0.4) is 0 Å². The van der Waals surface area contributed by atoms with Gasteiger partial charge in [0.1, 0.15) is 11.1 Å². The van der Waals surface area contributed by atoms with E-state index in [9.17, 15) is 19.5 Å². The molecule has 1 N–H and O–H groups in total. The van der Waals surface area contributed by atoms with Gasteiger partial charge in [0, 0.05) is 27.2 Å². The molecule has 1 fully saturated rings. The van der Waals surface area contributed by atoms with Gasteiger partial charge in [0.15, 0.2) is 0 Å². The van der Waals surface area contributed by atoms with Gasteiger partial charge >= 0.3 is 17.9 Å². The fourth-order valence-corrected chi connectivity index (χ4v) is 2.35. The highest BCUT2D eigenvalue weighted by atomic mass is 16.8. The second-order valence-electron chi connectivity index (χ2n) is 6.21. The number of hydrogen-bond donors (Lipinski definition) is 1. The molecule has 2 aliphatic heterocycles. The minimum atomic E-state index is -1.33. The number of ether oxygens (including phenoxy) is 4. The van der Waals surface area contributed by atoms with Crippen LogP contribution in [-0.4, -0.2) is 34.6 Å². The van der Waals surface area contributed by atoms with Crippen LogP contribution in [0, 0.1) is 0 Å². The number of aliphatic hydroxyl groups excluding tert-OH is 1. The summed E-state index contributed by atoms with van der Waals surface area (Å²) in [5.74, 6) is -5.61. The Morgan fingerprint density at radius 3 is 2.08 bits per heavy atom. The van der Waals surface area contributed by atoms with Gasteiger partial charge in [0.25, 0.3) is 17.5 Å². The van der Waals surface area contributed by atoms with Crippen LogP contribution in [0.25, 0.3) is 0 Å². The average molecular weight is 352 g/mol. The topological polar surface area (TPSA) is 108 Å². The molecule has 25 heavy (non-hydrogen) atoms. The van der Waals surface area contributed by atoms with E-state index < -0.39 is 35.4 Å². The first-order valence-electron chi connectivity index (χ1n) is 7.77. The molecular formula is C17H20O8. The summed E-state index contributed by atoms with van der Waals surface area (Å²) in [5.41, 5.74) is -0.570. The van der Waals surface area contributed by atoms with E-state index in [1.807, 2.05) is 6.92 Å². The summed E-state index contributed by atoms with van der Waals surface area (Å²) >= 11 is 0. The quantitative estimate of drug-likeness (QED) is 0.466. The molecule has 0 aromatic rings. The van der Waals surface area contributed by atoms with Crippen molar-refractivity contribution in [2.75, 3.05) is 0 Å². The second kappa shape index (κ2) is 6.62. The summed E-state index contributed by atoms with van der Waals surface area (Å²) < 4.78 is 20.3. The Balaban J connectivity index is 2.18. The third-order valence-corrected chi connectivity index (χ3v) is 3.42. The van der Waals surface area contributed by atoms with E-state index in [0.717, 1.165) is 12.2 Å². The smallest absolute Gasteiger partial charge is 0.348 e. The fraction of sp³-hybridized carbons (Fsp3) is 0.471. The van der Waals surface area contributed by atoms with Crippen LogP contribution in [0.4, 0.5) is 0 Å². The van der Waals surface area contributed by atoms with E-state index in [4.69, 9.17) is 18.9 Å². The number of rotatable bonds is 4. The molecule has 8 nitrogen and oxygen atoms in total. The van der Waals surface area contributed by atoms with Crippen LogP contribution < -0.4 is 0 Å². The number of hydrogen-bond acceptors (Lipinski definition) is 8. The van der Waals surface area contributed by atoms with Crippen molar-refractivity contribution in [1.82, 2.24) is 0 Å². The fourth-order valence-electron chi connectivity index (χ4n) is 2.35. The first kappa shape index (κ1) is 18.6. The highest BCUT2D eigenvalue weighted by Crippen LogP contribution is 2.30. The van der Waals surface area contributed by atoms with Gasteiger partial charge < -0.3 is 24.1 Å². The number of cyclic esters (lactones) is 3. The number of carbonyl (C=O) groups is 3. The maximum Gasteiger partial charge on any atom is 0.348 e. The molecule has 1 unspecified atom stereocenters. The largest absolute Gasteiger partial charge is 0.480 e. The van der Waals surface area contributed by atoms with Crippen molar-refractivity contribution in [2.45, 2.75) is 52.1 Å². The maximum atomic E-state index is 12.0. The van der Waals surface area contributed by atoms with Gasteiger partial charge in [-0.3, -0.25) is 0 Å². The predicted octanol–water partition coefficient (Wildman–Crippen LogP) is 2.16. The lowest BCUT2D eigenvalue weighted by Crippen LogP contribution is -2.41. The van der Waals surface area contributed by atoms with Crippen molar-refractivity contribution < 1.29 is 38.4 Å². The van der Waals surface area contributed by atoms with Crippen molar-refractivity contribution in [3.63, 3.8) is 0 Å². The summed E-state index contributed by atoms with van der Waals surface area (Å²) in [6.45, 7) is 6.29.